The molecule has 1 aliphatic rings. The van der Waals surface area contributed by atoms with Crippen LogP contribution in [0.15, 0.2) is 48.5 Å². The molecule has 9 nitrogen and oxygen atoms in total. The van der Waals surface area contributed by atoms with E-state index in [4.69, 9.17) is 20.9 Å². The highest BCUT2D eigenvalue weighted by Gasteiger charge is 2.32. The number of aromatic nitrogens is 2. The smallest absolute Gasteiger partial charge is 0.255 e. The van der Waals surface area contributed by atoms with Crippen LogP contribution in [0, 0.1) is 0 Å². The van der Waals surface area contributed by atoms with Crippen molar-refractivity contribution in [2.24, 2.45) is 5.73 Å². The number of alkyl halides is 1. The van der Waals surface area contributed by atoms with Gasteiger partial charge in [-0.2, -0.15) is 5.10 Å². The van der Waals surface area contributed by atoms with Gasteiger partial charge in [-0.1, -0.05) is 36.4 Å². The lowest BCUT2D eigenvalue weighted by molar-refractivity contribution is 0.000592. The average Bonchev–Trinajstić information content (AvgIpc) is 3.20. The zero-order valence-corrected chi connectivity index (χ0v) is 18.7. The number of anilines is 1. The summed E-state index contributed by atoms with van der Waals surface area (Å²) in [5.41, 5.74) is 13.9. The number of ether oxygens (including phenoxy) is 2. The molecule has 34 heavy (non-hydrogen) atoms. The summed E-state index contributed by atoms with van der Waals surface area (Å²) >= 11 is 0. The van der Waals surface area contributed by atoms with Crippen molar-refractivity contribution in [1.29, 1.82) is 0 Å². The first-order valence-electron chi connectivity index (χ1n) is 10.8. The number of para-hydroxylation sites is 1. The van der Waals surface area contributed by atoms with Gasteiger partial charge in [0.2, 0.25) is 0 Å². The Bertz CT molecular complexity index is 1190. The summed E-state index contributed by atoms with van der Waals surface area (Å²) < 4.78 is 26.1. The number of carbonyl (C=O) groups excluding carboxylic acids is 2. The molecule has 0 radical (unpaired) electrons. The molecule has 0 aliphatic carbocycles. The molecule has 1 unspecified atom stereocenters. The first kappa shape index (κ1) is 23.2. The third kappa shape index (κ3) is 4.58. The van der Waals surface area contributed by atoms with Crippen LogP contribution >= 0.6 is 0 Å². The van der Waals surface area contributed by atoms with E-state index < -0.39 is 18.1 Å². The van der Waals surface area contributed by atoms with Crippen molar-refractivity contribution in [3.05, 3.63) is 65.2 Å². The number of hydrogen-bond acceptors (Lipinski definition) is 6. The summed E-state index contributed by atoms with van der Waals surface area (Å²) in [4.78, 5) is 24.7. The van der Waals surface area contributed by atoms with Crippen LogP contribution in [0.25, 0.3) is 11.3 Å². The molecule has 2 amide bonds. The Hall–Kier alpha value is -3.92. The van der Waals surface area contributed by atoms with E-state index in [0.29, 0.717) is 29.9 Å². The molecule has 1 saturated heterocycles. The van der Waals surface area contributed by atoms with Crippen LogP contribution in [0.3, 0.4) is 0 Å². The maximum atomic E-state index is 14.4. The lowest BCUT2D eigenvalue weighted by Gasteiger charge is -2.27. The Labute approximate surface area is 195 Å². The second-order valence-corrected chi connectivity index (χ2v) is 7.94. The number of nitrogens with one attached hydrogen (secondary N) is 1. The Morgan fingerprint density at radius 1 is 1.24 bits per heavy atom. The minimum atomic E-state index is -1.29. The van der Waals surface area contributed by atoms with Crippen LogP contribution in [-0.4, -0.2) is 48.1 Å². The van der Waals surface area contributed by atoms with E-state index in [1.807, 2.05) is 0 Å². The highest BCUT2D eigenvalue weighted by atomic mass is 19.1. The van der Waals surface area contributed by atoms with Crippen LogP contribution in [0.5, 0.6) is 5.75 Å². The molecule has 0 spiro atoms. The molecule has 3 aromatic rings. The number of hydrogen-bond donors (Lipinski definition) is 3. The van der Waals surface area contributed by atoms with Gasteiger partial charge in [-0.3, -0.25) is 9.59 Å². The van der Waals surface area contributed by atoms with Gasteiger partial charge in [0, 0.05) is 18.7 Å². The zero-order valence-electron chi connectivity index (χ0n) is 18.7. The van der Waals surface area contributed by atoms with Gasteiger partial charge >= 0.3 is 0 Å². The molecule has 2 aromatic carbocycles. The highest BCUT2D eigenvalue weighted by molar-refractivity contribution is 6.03. The fourth-order valence-corrected chi connectivity index (χ4v) is 4.00. The van der Waals surface area contributed by atoms with E-state index in [0.717, 1.165) is 5.56 Å². The summed E-state index contributed by atoms with van der Waals surface area (Å²) in [6, 6.07) is 13.4. The summed E-state index contributed by atoms with van der Waals surface area (Å²) in [6.45, 7) is 0.601. The number of nitrogens with two attached hydrogens (primary N) is 2. The fraction of sp³-hybridized carbons (Fsp3) is 0.292. The average molecular weight is 468 g/mol. The van der Waals surface area contributed by atoms with Crippen molar-refractivity contribution in [3.63, 3.8) is 0 Å². The van der Waals surface area contributed by atoms with E-state index in [9.17, 15) is 14.0 Å². The van der Waals surface area contributed by atoms with Crippen LogP contribution in [0.2, 0.25) is 0 Å². The van der Waals surface area contributed by atoms with Crippen LogP contribution in [0.4, 0.5) is 10.2 Å². The first-order valence-corrected chi connectivity index (χ1v) is 10.8. The number of primary amides is 1. The molecule has 1 fully saturated rings. The molecule has 2 atom stereocenters. The third-order valence-electron chi connectivity index (χ3n) is 5.79. The topological polar surface area (TPSA) is 134 Å². The summed E-state index contributed by atoms with van der Waals surface area (Å²) in [6.07, 6.45) is -0.908. The molecule has 2 heterocycles. The quantitative estimate of drug-likeness (QED) is 0.489. The Morgan fingerprint density at radius 3 is 2.65 bits per heavy atom. The molecule has 4 rings (SSSR count). The molecular formula is C24H26FN5O4. The number of nitrogens with zero attached hydrogens (tertiary/aromatic N) is 2. The minimum absolute atomic E-state index is 0.0326. The Kier molecular flexibility index (Phi) is 6.78. The minimum Gasteiger partial charge on any atom is -0.496 e. The normalized spacial score (nSPS) is 17.8. The molecule has 1 aliphatic heterocycles. The van der Waals surface area contributed by atoms with Crippen molar-refractivity contribution in [1.82, 2.24) is 15.1 Å². The van der Waals surface area contributed by atoms with Gasteiger partial charge in [0.05, 0.1) is 25.3 Å². The number of methoxy groups -OCH3 is 1. The fourth-order valence-electron chi connectivity index (χ4n) is 4.00. The van der Waals surface area contributed by atoms with Crippen LogP contribution in [-0.2, 0) is 11.3 Å². The number of carbonyl (C=O) groups is 2. The van der Waals surface area contributed by atoms with E-state index >= 15 is 0 Å². The molecule has 5 N–H and O–H groups in total. The van der Waals surface area contributed by atoms with Crippen molar-refractivity contribution >= 4 is 17.6 Å². The summed E-state index contributed by atoms with van der Waals surface area (Å²) in [5.74, 6) is -0.483. The van der Waals surface area contributed by atoms with E-state index in [-0.39, 0.29) is 36.1 Å². The summed E-state index contributed by atoms with van der Waals surface area (Å²) in [5, 5.41) is 7.30. The molecule has 10 heteroatoms. The maximum Gasteiger partial charge on any atom is 0.255 e. The van der Waals surface area contributed by atoms with Gasteiger partial charge in [-0.15, -0.1) is 0 Å². The van der Waals surface area contributed by atoms with E-state index in [1.165, 1.54) is 11.8 Å². The highest BCUT2D eigenvalue weighted by Crippen LogP contribution is 2.33. The van der Waals surface area contributed by atoms with E-state index in [1.54, 1.807) is 48.5 Å². The standard InChI is InChI=1S/C24H26FN5O4/c1-33-19-5-3-2-4-16(19)24(32)28-12-14-6-8-15(9-7-14)21-20(23(27)31)22(26)30(29-21)18-10-11-34-13-17(18)25/h2-9,17-18H,10-13,26H2,1H3,(H2,27,31)(H,28,32)/t17?,18-/m1/s1. The summed E-state index contributed by atoms with van der Waals surface area (Å²) in [7, 11) is 1.51. The first-order chi connectivity index (χ1) is 16.4. The van der Waals surface area contributed by atoms with Crippen molar-refractivity contribution in [2.75, 3.05) is 26.1 Å². The van der Waals surface area contributed by atoms with E-state index in [2.05, 4.69) is 10.4 Å². The largest absolute Gasteiger partial charge is 0.496 e. The Balaban J connectivity index is 1.54. The molecular weight excluding hydrogens is 441 g/mol. The molecule has 0 saturated carbocycles. The SMILES string of the molecule is COc1ccccc1C(=O)NCc1ccc(-c2nn([C@@H]3CCOCC3F)c(N)c2C(N)=O)cc1. The number of halogens is 1. The molecule has 178 valence electrons. The lowest BCUT2D eigenvalue weighted by atomic mass is 10.0. The predicted molar refractivity (Wildman–Crippen MR) is 124 cm³/mol. The predicted octanol–water partition coefficient (Wildman–Crippen LogP) is 2.47. The number of nitrogen functional groups attached to an aromatic ring is 1. The van der Waals surface area contributed by atoms with Gasteiger partial charge in [-0.25, -0.2) is 9.07 Å². The maximum absolute atomic E-state index is 14.4. The van der Waals surface area contributed by atoms with Crippen LogP contribution < -0.4 is 21.5 Å². The van der Waals surface area contributed by atoms with Gasteiger partial charge in [0.15, 0.2) is 0 Å². The molecule has 1 aromatic heterocycles. The molecule has 0 bridgehead atoms. The van der Waals surface area contributed by atoms with Crippen molar-refractivity contribution in [2.45, 2.75) is 25.2 Å². The van der Waals surface area contributed by atoms with Crippen molar-refractivity contribution < 1.29 is 23.5 Å². The number of benzene rings is 2. The van der Waals surface area contributed by atoms with Gasteiger partial charge in [0.1, 0.15) is 29.0 Å². The van der Waals surface area contributed by atoms with Gasteiger partial charge in [-0.05, 0) is 24.1 Å². The third-order valence-corrected chi connectivity index (χ3v) is 5.79. The number of amides is 2. The second kappa shape index (κ2) is 9.92. The monoisotopic (exact) mass is 467 g/mol. The van der Waals surface area contributed by atoms with Crippen LogP contribution in [0.1, 0.15) is 38.7 Å². The Morgan fingerprint density at radius 2 is 1.97 bits per heavy atom. The zero-order chi connectivity index (χ0) is 24.2. The lowest BCUT2D eigenvalue weighted by Crippen LogP contribution is -2.32. The van der Waals surface area contributed by atoms with Crippen molar-refractivity contribution in [3.8, 4) is 17.0 Å². The van der Waals surface area contributed by atoms with Gasteiger partial charge < -0.3 is 26.3 Å². The number of rotatable bonds is 7. The second-order valence-electron chi connectivity index (χ2n) is 7.94. The van der Waals surface area contributed by atoms with Gasteiger partial charge in [0.25, 0.3) is 11.8 Å².